The van der Waals surface area contributed by atoms with Crippen molar-refractivity contribution in [2.75, 3.05) is 12.0 Å². The van der Waals surface area contributed by atoms with Crippen molar-refractivity contribution in [3.8, 4) is 0 Å². The summed E-state index contributed by atoms with van der Waals surface area (Å²) in [5.41, 5.74) is -0.523. The summed E-state index contributed by atoms with van der Waals surface area (Å²) in [4.78, 5) is 22.8. The van der Waals surface area contributed by atoms with Gasteiger partial charge in [-0.15, -0.1) is 0 Å². The van der Waals surface area contributed by atoms with Gasteiger partial charge < -0.3 is 4.74 Å². The van der Waals surface area contributed by atoms with Crippen LogP contribution in [0.4, 0.5) is 0 Å². The zero-order valence-corrected chi connectivity index (χ0v) is 10.2. The summed E-state index contributed by atoms with van der Waals surface area (Å²) in [7, 11) is 0. The van der Waals surface area contributed by atoms with E-state index in [0.717, 1.165) is 0 Å². The number of rotatable bonds is 4. The standard InChI is InChI=1S/C10H18O3S/c1-7(8(11)6-14-5)9(12)13-10(2,3)4/h7H,6H2,1-5H3. The lowest BCUT2D eigenvalue weighted by atomic mass is 10.1. The van der Waals surface area contributed by atoms with Crippen molar-refractivity contribution < 1.29 is 14.3 Å². The van der Waals surface area contributed by atoms with Crippen molar-refractivity contribution in [3.63, 3.8) is 0 Å². The van der Waals surface area contributed by atoms with E-state index < -0.39 is 17.5 Å². The lowest BCUT2D eigenvalue weighted by Gasteiger charge is -2.21. The Balaban J connectivity index is 4.19. The molecule has 0 saturated carbocycles. The first-order valence-corrected chi connectivity index (χ1v) is 5.92. The minimum atomic E-state index is -0.651. The number of hydrogen-bond acceptors (Lipinski definition) is 4. The minimum absolute atomic E-state index is 0.0771. The molecule has 0 aromatic heterocycles. The number of Topliss-reactive ketones (excluding diaryl/α,β-unsaturated/α-hetero) is 1. The van der Waals surface area contributed by atoms with Crippen LogP contribution in [0.3, 0.4) is 0 Å². The Labute approximate surface area is 89.6 Å². The summed E-state index contributed by atoms with van der Waals surface area (Å²) in [6.45, 7) is 6.95. The maximum atomic E-state index is 11.4. The van der Waals surface area contributed by atoms with E-state index in [4.69, 9.17) is 4.74 Å². The monoisotopic (exact) mass is 218 g/mol. The normalized spacial score (nSPS) is 13.5. The zero-order chi connectivity index (χ0) is 11.4. The summed E-state index contributed by atoms with van der Waals surface area (Å²) < 4.78 is 5.10. The second kappa shape index (κ2) is 5.39. The van der Waals surface area contributed by atoms with Gasteiger partial charge in [0.2, 0.25) is 0 Å². The van der Waals surface area contributed by atoms with Crippen molar-refractivity contribution in [3.05, 3.63) is 0 Å². The van der Waals surface area contributed by atoms with E-state index in [2.05, 4.69) is 0 Å². The molecule has 0 heterocycles. The highest BCUT2D eigenvalue weighted by molar-refractivity contribution is 7.99. The fourth-order valence-corrected chi connectivity index (χ4v) is 1.32. The second-order valence-electron chi connectivity index (χ2n) is 4.15. The molecular formula is C10H18O3S. The summed E-state index contributed by atoms with van der Waals surface area (Å²) in [5, 5.41) is 0. The van der Waals surface area contributed by atoms with Gasteiger partial charge in [-0.3, -0.25) is 9.59 Å². The highest BCUT2D eigenvalue weighted by Crippen LogP contribution is 2.12. The number of esters is 1. The lowest BCUT2D eigenvalue weighted by Crippen LogP contribution is -2.31. The maximum absolute atomic E-state index is 11.4. The molecule has 1 atom stereocenters. The van der Waals surface area contributed by atoms with Crippen molar-refractivity contribution in [1.29, 1.82) is 0 Å². The van der Waals surface area contributed by atoms with E-state index in [1.807, 2.05) is 6.26 Å². The Kier molecular flexibility index (Phi) is 5.19. The Morgan fingerprint density at radius 3 is 2.21 bits per heavy atom. The van der Waals surface area contributed by atoms with Crippen LogP contribution in [0.25, 0.3) is 0 Å². The Hall–Kier alpha value is -0.510. The molecule has 3 nitrogen and oxygen atoms in total. The number of carbonyl (C=O) groups excluding carboxylic acids is 2. The van der Waals surface area contributed by atoms with E-state index in [-0.39, 0.29) is 5.78 Å². The molecule has 0 aliphatic heterocycles. The smallest absolute Gasteiger partial charge is 0.316 e. The highest BCUT2D eigenvalue weighted by atomic mass is 32.2. The lowest BCUT2D eigenvalue weighted by molar-refractivity contribution is -0.160. The number of carbonyl (C=O) groups is 2. The topological polar surface area (TPSA) is 43.4 Å². The molecule has 0 aromatic rings. The third-order valence-electron chi connectivity index (χ3n) is 1.53. The van der Waals surface area contributed by atoms with Crippen molar-refractivity contribution in [2.45, 2.75) is 33.3 Å². The van der Waals surface area contributed by atoms with Crippen LogP contribution in [0.1, 0.15) is 27.7 Å². The molecule has 0 fully saturated rings. The molecule has 0 amide bonds. The molecular weight excluding hydrogens is 200 g/mol. The molecule has 0 bridgehead atoms. The molecule has 0 radical (unpaired) electrons. The van der Waals surface area contributed by atoms with Gasteiger partial charge in [0.05, 0.1) is 5.75 Å². The van der Waals surface area contributed by atoms with E-state index in [0.29, 0.717) is 5.75 Å². The van der Waals surface area contributed by atoms with Gasteiger partial charge in [-0.25, -0.2) is 0 Å². The van der Waals surface area contributed by atoms with E-state index in [9.17, 15) is 9.59 Å². The number of thioether (sulfide) groups is 1. The zero-order valence-electron chi connectivity index (χ0n) is 9.42. The fourth-order valence-electron chi connectivity index (χ4n) is 0.789. The van der Waals surface area contributed by atoms with E-state index >= 15 is 0 Å². The Morgan fingerprint density at radius 2 is 1.86 bits per heavy atom. The average Bonchev–Trinajstić information content (AvgIpc) is 2.00. The first kappa shape index (κ1) is 13.5. The van der Waals surface area contributed by atoms with Crippen LogP contribution in [0.15, 0.2) is 0 Å². The van der Waals surface area contributed by atoms with Crippen LogP contribution in [0, 0.1) is 5.92 Å². The first-order valence-electron chi connectivity index (χ1n) is 4.52. The van der Waals surface area contributed by atoms with Gasteiger partial charge in [-0.2, -0.15) is 11.8 Å². The van der Waals surface area contributed by atoms with Gasteiger partial charge in [0.15, 0.2) is 5.78 Å². The second-order valence-corrected chi connectivity index (χ2v) is 5.02. The molecule has 0 spiro atoms. The number of ketones is 1. The molecule has 0 aliphatic rings. The molecule has 82 valence electrons. The summed E-state index contributed by atoms with van der Waals surface area (Å²) >= 11 is 1.42. The predicted octanol–water partition coefficient (Wildman–Crippen LogP) is 1.90. The van der Waals surface area contributed by atoms with Crippen LogP contribution >= 0.6 is 11.8 Å². The molecule has 0 aromatic carbocycles. The van der Waals surface area contributed by atoms with Gasteiger partial charge >= 0.3 is 5.97 Å². The van der Waals surface area contributed by atoms with Crippen LogP contribution in [0.2, 0.25) is 0 Å². The predicted molar refractivity (Wildman–Crippen MR) is 58.4 cm³/mol. The van der Waals surface area contributed by atoms with Crippen LogP contribution < -0.4 is 0 Å². The molecule has 1 unspecified atom stereocenters. The fraction of sp³-hybridized carbons (Fsp3) is 0.800. The SMILES string of the molecule is CSCC(=O)C(C)C(=O)OC(C)(C)C. The van der Waals surface area contributed by atoms with Gasteiger partial charge in [-0.05, 0) is 34.0 Å². The average molecular weight is 218 g/mol. The quantitative estimate of drug-likeness (QED) is 0.534. The van der Waals surface area contributed by atoms with E-state index in [1.165, 1.54) is 11.8 Å². The van der Waals surface area contributed by atoms with Crippen molar-refractivity contribution in [2.24, 2.45) is 5.92 Å². The maximum Gasteiger partial charge on any atom is 0.316 e. The van der Waals surface area contributed by atoms with Gasteiger partial charge in [0.1, 0.15) is 11.5 Å². The van der Waals surface area contributed by atoms with Crippen LogP contribution in [-0.4, -0.2) is 29.4 Å². The molecule has 4 heteroatoms. The molecule has 14 heavy (non-hydrogen) atoms. The first-order chi connectivity index (χ1) is 6.28. The molecule has 0 saturated heterocycles. The summed E-state index contributed by atoms with van der Waals surface area (Å²) in [6, 6.07) is 0. The largest absolute Gasteiger partial charge is 0.459 e. The summed E-state index contributed by atoms with van der Waals surface area (Å²) in [6.07, 6.45) is 1.83. The van der Waals surface area contributed by atoms with E-state index in [1.54, 1.807) is 27.7 Å². The van der Waals surface area contributed by atoms with Crippen molar-refractivity contribution >= 4 is 23.5 Å². The van der Waals surface area contributed by atoms with Gasteiger partial charge in [0.25, 0.3) is 0 Å². The third-order valence-corrected chi connectivity index (χ3v) is 2.10. The Morgan fingerprint density at radius 1 is 1.36 bits per heavy atom. The molecule has 0 N–H and O–H groups in total. The summed E-state index contributed by atoms with van der Waals surface area (Å²) in [5.74, 6) is -0.801. The number of ether oxygens (including phenoxy) is 1. The Bertz CT molecular complexity index is 218. The minimum Gasteiger partial charge on any atom is -0.459 e. The molecule has 0 rings (SSSR count). The number of hydrogen-bond donors (Lipinski definition) is 0. The van der Waals surface area contributed by atoms with Gasteiger partial charge in [0, 0.05) is 0 Å². The molecule has 0 aliphatic carbocycles. The third kappa shape index (κ3) is 5.27. The highest BCUT2D eigenvalue weighted by Gasteiger charge is 2.26. The van der Waals surface area contributed by atoms with Gasteiger partial charge in [-0.1, -0.05) is 0 Å². The van der Waals surface area contributed by atoms with Crippen LogP contribution in [0.5, 0.6) is 0 Å². The van der Waals surface area contributed by atoms with Crippen LogP contribution in [-0.2, 0) is 14.3 Å². The van der Waals surface area contributed by atoms with Crippen molar-refractivity contribution in [1.82, 2.24) is 0 Å².